The summed E-state index contributed by atoms with van der Waals surface area (Å²) in [6.07, 6.45) is 4.66. The molecule has 0 aromatic heterocycles. The zero-order valence-electron chi connectivity index (χ0n) is 11.8. The van der Waals surface area contributed by atoms with Crippen molar-refractivity contribution in [2.45, 2.75) is 45.1 Å². The van der Waals surface area contributed by atoms with E-state index >= 15 is 0 Å². The molecule has 2 heteroatoms. The number of rotatable bonds is 3. The Labute approximate surface area is 111 Å². The lowest BCUT2D eigenvalue weighted by molar-refractivity contribution is 0.196. The van der Waals surface area contributed by atoms with Crippen molar-refractivity contribution in [2.24, 2.45) is 17.6 Å². The fourth-order valence-electron chi connectivity index (χ4n) is 3.04. The Kier molecular flexibility index (Phi) is 3.96. The molecule has 0 aliphatic heterocycles. The van der Waals surface area contributed by atoms with E-state index in [9.17, 15) is 0 Å². The fraction of sp³-hybridized carbons (Fsp3) is 0.625. The van der Waals surface area contributed by atoms with Crippen molar-refractivity contribution in [3.8, 4) is 5.75 Å². The minimum Gasteiger partial charge on any atom is -0.497 e. The number of benzene rings is 1. The molecule has 1 aromatic carbocycles. The van der Waals surface area contributed by atoms with Gasteiger partial charge in [0.1, 0.15) is 5.75 Å². The zero-order valence-corrected chi connectivity index (χ0v) is 11.8. The summed E-state index contributed by atoms with van der Waals surface area (Å²) < 4.78 is 5.29. The van der Waals surface area contributed by atoms with E-state index in [-0.39, 0.29) is 5.54 Å². The Morgan fingerprint density at radius 1 is 1.28 bits per heavy atom. The maximum Gasteiger partial charge on any atom is 0.119 e. The van der Waals surface area contributed by atoms with Crippen molar-refractivity contribution in [1.29, 1.82) is 0 Å². The molecule has 0 heterocycles. The molecule has 1 fully saturated rings. The van der Waals surface area contributed by atoms with Gasteiger partial charge in [0.2, 0.25) is 0 Å². The normalized spacial score (nSPS) is 28.4. The predicted molar refractivity (Wildman–Crippen MR) is 75.7 cm³/mol. The van der Waals surface area contributed by atoms with Gasteiger partial charge < -0.3 is 10.5 Å². The van der Waals surface area contributed by atoms with Crippen LogP contribution in [0.4, 0.5) is 0 Å². The molecule has 0 radical (unpaired) electrons. The van der Waals surface area contributed by atoms with E-state index < -0.39 is 0 Å². The Bertz CT molecular complexity index is 392. The maximum atomic E-state index is 6.61. The van der Waals surface area contributed by atoms with Crippen molar-refractivity contribution < 1.29 is 4.74 Å². The number of methoxy groups -OCH3 is 1. The number of ether oxygens (including phenoxy) is 1. The van der Waals surface area contributed by atoms with Gasteiger partial charge in [0.15, 0.2) is 0 Å². The van der Waals surface area contributed by atoms with Gasteiger partial charge in [-0.15, -0.1) is 0 Å². The summed E-state index contributed by atoms with van der Waals surface area (Å²) in [5, 5.41) is 0. The molecule has 2 rings (SSSR count). The van der Waals surface area contributed by atoms with Crippen LogP contribution in [0.5, 0.6) is 5.75 Å². The van der Waals surface area contributed by atoms with Gasteiger partial charge >= 0.3 is 0 Å². The third-order valence-corrected chi connectivity index (χ3v) is 4.51. The van der Waals surface area contributed by atoms with Crippen LogP contribution in [0.2, 0.25) is 0 Å². The van der Waals surface area contributed by atoms with Crippen LogP contribution in [0.25, 0.3) is 0 Å². The molecule has 0 atom stereocenters. The topological polar surface area (TPSA) is 35.2 Å². The van der Waals surface area contributed by atoms with Crippen molar-refractivity contribution >= 4 is 0 Å². The molecule has 18 heavy (non-hydrogen) atoms. The second-order valence-corrected chi connectivity index (χ2v) is 5.97. The van der Waals surface area contributed by atoms with Crippen LogP contribution in [-0.4, -0.2) is 7.11 Å². The molecule has 0 unspecified atom stereocenters. The second-order valence-electron chi connectivity index (χ2n) is 5.97. The van der Waals surface area contributed by atoms with Crippen LogP contribution in [0.3, 0.4) is 0 Å². The van der Waals surface area contributed by atoms with Crippen molar-refractivity contribution in [2.75, 3.05) is 7.11 Å². The van der Waals surface area contributed by atoms with Crippen LogP contribution in [0.15, 0.2) is 24.3 Å². The first kappa shape index (κ1) is 13.4. The lowest BCUT2D eigenvalue weighted by atomic mass is 9.70. The molecular formula is C16H25NO. The van der Waals surface area contributed by atoms with Crippen LogP contribution in [0.1, 0.15) is 45.1 Å². The zero-order chi connectivity index (χ0) is 13.2. The molecule has 2 N–H and O–H groups in total. The molecule has 1 saturated carbocycles. The molecule has 0 saturated heterocycles. The highest BCUT2D eigenvalue weighted by atomic mass is 16.5. The van der Waals surface area contributed by atoms with E-state index in [0.717, 1.165) is 30.4 Å². The van der Waals surface area contributed by atoms with Gasteiger partial charge in [0.05, 0.1) is 7.11 Å². The first-order valence-corrected chi connectivity index (χ1v) is 6.98. The van der Waals surface area contributed by atoms with Gasteiger partial charge in [-0.25, -0.2) is 0 Å². The lowest BCUT2D eigenvalue weighted by Crippen LogP contribution is -2.41. The van der Waals surface area contributed by atoms with Gasteiger partial charge in [-0.05, 0) is 55.2 Å². The summed E-state index contributed by atoms with van der Waals surface area (Å²) in [5.41, 5.74) is 7.68. The summed E-state index contributed by atoms with van der Waals surface area (Å²) in [5.74, 6) is 2.52. The number of hydrogen-bond acceptors (Lipinski definition) is 2. The quantitative estimate of drug-likeness (QED) is 0.884. The maximum absolute atomic E-state index is 6.61. The first-order chi connectivity index (χ1) is 8.55. The second kappa shape index (κ2) is 5.31. The SMILES string of the molecule is COc1cccc(C2(N)CCC(C(C)C)CC2)c1. The third kappa shape index (κ3) is 2.69. The van der Waals surface area contributed by atoms with Gasteiger partial charge in [0.25, 0.3) is 0 Å². The Balaban J connectivity index is 2.12. The summed E-state index contributed by atoms with van der Waals surface area (Å²) in [4.78, 5) is 0. The van der Waals surface area contributed by atoms with E-state index in [2.05, 4.69) is 26.0 Å². The van der Waals surface area contributed by atoms with Crippen LogP contribution in [-0.2, 0) is 5.54 Å². The third-order valence-electron chi connectivity index (χ3n) is 4.51. The van der Waals surface area contributed by atoms with Crippen LogP contribution in [0, 0.1) is 11.8 Å². The number of hydrogen-bond donors (Lipinski definition) is 1. The summed E-state index contributed by atoms with van der Waals surface area (Å²) in [7, 11) is 1.71. The van der Waals surface area contributed by atoms with E-state index in [0.29, 0.717) is 0 Å². The predicted octanol–water partition coefficient (Wildman–Crippen LogP) is 3.70. The van der Waals surface area contributed by atoms with E-state index in [1.165, 1.54) is 18.4 Å². The van der Waals surface area contributed by atoms with E-state index in [1.54, 1.807) is 7.11 Å². The fourth-order valence-corrected chi connectivity index (χ4v) is 3.04. The van der Waals surface area contributed by atoms with Crippen molar-refractivity contribution in [3.05, 3.63) is 29.8 Å². The van der Waals surface area contributed by atoms with Gasteiger partial charge in [-0.1, -0.05) is 26.0 Å². The molecule has 0 spiro atoms. The average molecular weight is 247 g/mol. The minimum absolute atomic E-state index is 0.153. The lowest BCUT2D eigenvalue weighted by Gasteiger charge is -2.39. The molecule has 1 aliphatic rings. The van der Waals surface area contributed by atoms with Gasteiger partial charge in [0, 0.05) is 5.54 Å². The molecule has 1 aromatic rings. The van der Waals surface area contributed by atoms with Crippen LogP contribution < -0.4 is 10.5 Å². The minimum atomic E-state index is -0.153. The van der Waals surface area contributed by atoms with Gasteiger partial charge in [-0.3, -0.25) is 0 Å². The first-order valence-electron chi connectivity index (χ1n) is 6.98. The summed E-state index contributed by atoms with van der Waals surface area (Å²) >= 11 is 0. The molecule has 100 valence electrons. The molecule has 2 nitrogen and oxygen atoms in total. The van der Waals surface area contributed by atoms with Gasteiger partial charge in [-0.2, -0.15) is 0 Å². The van der Waals surface area contributed by atoms with Crippen molar-refractivity contribution in [1.82, 2.24) is 0 Å². The van der Waals surface area contributed by atoms with Crippen molar-refractivity contribution in [3.63, 3.8) is 0 Å². The monoisotopic (exact) mass is 247 g/mol. The number of nitrogens with two attached hydrogens (primary N) is 1. The molecule has 0 amide bonds. The highest BCUT2D eigenvalue weighted by Gasteiger charge is 2.34. The van der Waals surface area contributed by atoms with E-state index in [4.69, 9.17) is 10.5 Å². The highest BCUT2D eigenvalue weighted by molar-refractivity contribution is 5.33. The smallest absolute Gasteiger partial charge is 0.119 e. The van der Waals surface area contributed by atoms with E-state index in [1.807, 2.05) is 12.1 Å². The standard InChI is InChI=1S/C16H25NO/c1-12(2)13-7-9-16(17,10-8-13)14-5-4-6-15(11-14)18-3/h4-6,11-13H,7-10,17H2,1-3H3. The molecular weight excluding hydrogens is 222 g/mol. The molecule has 0 bridgehead atoms. The van der Waals surface area contributed by atoms with Crippen LogP contribution >= 0.6 is 0 Å². The highest BCUT2D eigenvalue weighted by Crippen LogP contribution is 2.40. The average Bonchev–Trinajstić information content (AvgIpc) is 2.39. The Morgan fingerprint density at radius 3 is 2.50 bits per heavy atom. The largest absolute Gasteiger partial charge is 0.497 e. The molecule has 1 aliphatic carbocycles. The summed E-state index contributed by atoms with van der Waals surface area (Å²) in [6, 6.07) is 8.25. The summed E-state index contributed by atoms with van der Waals surface area (Å²) in [6.45, 7) is 4.64. The Morgan fingerprint density at radius 2 is 1.94 bits per heavy atom. The Hall–Kier alpha value is -1.02.